The zero-order valence-electron chi connectivity index (χ0n) is 10.5. The molecule has 0 saturated heterocycles. The highest BCUT2D eigenvalue weighted by Gasteiger charge is 2.21. The van der Waals surface area contributed by atoms with Gasteiger partial charge in [0.25, 0.3) is 0 Å². The Hall–Kier alpha value is -0.640. The lowest BCUT2D eigenvalue weighted by atomic mass is 10.3. The molecule has 0 heterocycles. The minimum absolute atomic E-state index is 0.0127. The van der Waals surface area contributed by atoms with E-state index in [0.717, 1.165) is 0 Å². The fourth-order valence-corrected chi connectivity index (χ4v) is 2.50. The van der Waals surface area contributed by atoms with E-state index in [1.54, 1.807) is 13.0 Å². The van der Waals surface area contributed by atoms with E-state index in [0.29, 0.717) is 19.4 Å². The molecule has 0 spiro atoms. The molecule has 17 heavy (non-hydrogen) atoms. The first kappa shape index (κ1) is 16.4. The number of nitrogens with one attached hydrogen (secondary N) is 1. The van der Waals surface area contributed by atoms with E-state index >= 15 is 0 Å². The van der Waals surface area contributed by atoms with Gasteiger partial charge in [0.15, 0.2) is 0 Å². The van der Waals surface area contributed by atoms with E-state index in [1.165, 1.54) is 0 Å². The smallest absolute Gasteiger partial charge is 0.328 e. The Labute approximate surface area is 103 Å². The van der Waals surface area contributed by atoms with Crippen LogP contribution in [0.1, 0.15) is 33.1 Å². The van der Waals surface area contributed by atoms with Gasteiger partial charge >= 0.3 is 7.60 Å². The van der Waals surface area contributed by atoms with Crippen LogP contribution in [0.25, 0.3) is 0 Å². The van der Waals surface area contributed by atoms with Crippen LogP contribution in [0.3, 0.4) is 0 Å². The van der Waals surface area contributed by atoms with E-state index in [4.69, 9.17) is 4.52 Å². The molecule has 0 aliphatic rings. The van der Waals surface area contributed by atoms with Crippen LogP contribution >= 0.6 is 7.60 Å². The number of hydrogen-bond donors (Lipinski definition) is 2. The van der Waals surface area contributed by atoms with E-state index in [9.17, 15) is 14.3 Å². The average molecular weight is 263 g/mol. The lowest BCUT2D eigenvalue weighted by molar-refractivity contribution is -0.120. The minimum atomic E-state index is -3.55. The molecule has 0 aromatic rings. The maximum atomic E-state index is 11.6. The van der Waals surface area contributed by atoms with E-state index < -0.39 is 7.60 Å². The predicted molar refractivity (Wildman–Crippen MR) is 68.0 cm³/mol. The van der Waals surface area contributed by atoms with E-state index in [2.05, 4.69) is 11.9 Å². The van der Waals surface area contributed by atoms with Gasteiger partial charge < -0.3 is 14.7 Å². The van der Waals surface area contributed by atoms with Crippen molar-refractivity contribution in [1.82, 2.24) is 5.32 Å². The highest BCUT2D eigenvalue weighted by Crippen LogP contribution is 2.44. The maximum Gasteiger partial charge on any atom is 0.328 e. The Kier molecular flexibility index (Phi) is 8.13. The molecule has 0 bridgehead atoms. The van der Waals surface area contributed by atoms with Gasteiger partial charge in [0.2, 0.25) is 5.91 Å². The van der Waals surface area contributed by atoms with Crippen LogP contribution in [-0.2, 0) is 13.9 Å². The second-order valence-electron chi connectivity index (χ2n) is 3.88. The highest BCUT2D eigenvalue weighted by atomic mass is 31.2. The summed E-state index contributed by atoms with van der Waals surface area (Å²) >= 11 is 0. The van der Waals surface area contributed by atoms with E-state index in [-0.39, 0.29) is 24.6 Å². The zero-order valence-corrected chi connectivity index (χ0v) is 11.4. The largest absolute Gasteiger partial charge is 0.353 e. The third kappa shape index (κ3) is 9.10. The van der Waals surface area contributed by atoms with Gasteiger partial charge in [-0.2, -0.15) is 0 Å². The summed E-state index contributed by atoms with van der Waals surface area (Å²) in [6.07, 6.45) is 2.61. The summed E-state index contributed by atoms with van der Waals surface area (Å²) in [5, 5.41) is 2.60. The monoisotopic (exact) mass is 263 g/mol. The molecule has 0 aliphatic carbocycles. The Balaban J connectivity index is 3.82. The second kappa shape index (κ2) is 8.45. The topological polar surface area (TPSA) is 75.6 Å². The summed E-state index contributed by atoms with van der Waals surface area (Å²) in [7, 11) is -3.55. The molecule has 0 saturated carbocycles. The van der Waals surface area contributed by atoms with Crippen molar-refractivity contribution in [3.05, 3.63) is 12.7 Å². The molecule has 0 aliphatic heterocycles. The van der Waals surface area contributed by atoms with Crippen molar-refractivity contribution >= 4 is 13.5 Å². The molecular weight excluding hydrogens is 241 g/mol. The fraction of sp³-hybridized carbons (Fsp3) is 0.727. The SMILES string of the molecule is C=CCNC(=O)CCCP(=O)(O)OC(C)CC. The zero-order chi connectivity index (χ0) is 13.3. The summed E-state index contributed by atoms with van der Waals surface area (Å²) in [6.45, 7) is 7.52. The molecular formula is C11H22NO4P. The van der Waals surface area contributed by atoms with Crippen molar-refractivity contribution in [2.45, 2.75) is 39.2 Å². The molecule has 100 valence electrons. The number of carbonyl (C=O) groups excluding carboxylic acids is 1. The standard InChI is InChI=1S/C11H22NO4P/c1-4-8-12-11(13)7-6-9-17(14,15)16-10(3)5-2/h4,10H,1,5-9H2,2-3H3,(H,12,13)(H,14,15). The molecule has 0 aromatic carbocycles. The first-order valence-corrected chi connectivity index (χ1v) is 7.55. The minimum Gasteiger partial charge on any atom is -0.353 e. The molecule has 5 nitrogen and oxygen atoms in total. The molecule has 0 radical (unpaired) electrons. The average Bonchev–Trinajstić information content (AvgIpc) is 2.25. The van der Waals surface area contributed by atoms with Crippen molar-refractivity contribution in [3.63, 3.8) is 0 Å². The van der Waals surface area contributed by atoms with Crippen LogP contribution in [0.4, 0.5) is 0 Å². The van der Waals surface area contributed by atoms with Gasteiger partial charge in [0, 0.05) is 13.0 Å². The summed E-state index contributed by atoms with van der Waals surface area (Å²) in [5.41, 5.74) is 0. The molecule has 2 atom stereocenters. The molecule has 0 rings (SSSR count). The number of amides is 1. The molecule has 2 N–H and O–H groups in total. The first-order valence-electron chi connectivity index (χ1n) is 5.79. The van der Waals surface area contributed by atoms with Crippen molar-refractivity contribution in [2.75, 3.05) is 12.7 Å². The lowest BCUT2D eigenvalue weighted by Gasteiger charge is -2.16. The second-order valence-corrected chi connectivity index (χ2v) is 5.81. The molecule has 1 amide bonds. The van der Waals surface area contributed by atoms with Crippen molar-refractivity contribution < 1.29 is 18.8 Å². The summed E-state index contributed by atoms with van der Waals surface area (Å²) in [5.74, 6) is -0.145. The Morgan fingerprint density at radius 1 is 1.65 bits per heavy atom. The maximum absolute atomic E-state index is 11.6. The normalized spacial score (nSPS) is 15.9. The van der Waals surface area contributed by atoms with Gasteiger partial charge in [0.1, 0.15) is 0 Å². The Morgan fingerprint density at radius 2 is 2.29 bits per heavy atom. The van der Waals surface area contributed by atoms with Gasteiger partial charge in [-0.05, 0) is 19.8 Å². The van der Waals surface area contributed by atoms with Crippen LogP contribution in [0, 0.1) is 0 Å². The van der Waals surface area contributed by atoms with Crippen LogP contribution in [0.2, 0.25) is 0 Å². The van der Waals surface area contributed by atoms with Crippen LogP contribution < -0.4 is 5.32 Å². The third-order valence-corrected chi connectivity index (χ3v) is 3.78. The van der Waals surface area contributed by atoms with Crippen LogP contribution in [0.15, 0.2) is 12.7 Å². The predicted octanol–water partition coefficient (Wildman–Crippen LogP) is 2.07. The molecule has 0 aromatic heterocycles. The third-order valence-electron chi connectivity index (χ3n) is 2.21. The van der Waals surface area contributed by atoms with E-state index in [1.807, 2.05) is 6.92 Å². The molecule has 0 fully saturated rings. The summed E-state index contributed by atoms with van der Waals surface area (Å²) < 4.78 is 16.6. The van der Waals surface area contributed by atoms with Crippen LogP contribution in [0.5, 0.6) is 0 Å². The highest BCUT2D eigenvalue weighted by molar-refractivity contribution is 7.52. The van der Waals surface area contributed by atoms with Gasteiger partial charge in [0.05, 0.1) is 12.3 Å². The quantitative estimate of drug-likeness (QED) is 0.493. The Bertz CT molecular complexity index is 293. The molecule has 2 unspecified atom stereocenters. The van der Waals surface area contributed by atoms with Crippen molar-refractivity contribution in [2.24, 2.45) is 0 Å². The number of carbonyl (C=O) groups is 1. The molecule has 6 heteroatoms. The van der Waals surface area contributed by atoms with Gasteiger partial charge in [-0.3, -0.25) is 9.36 Å². The first-order chi connectivity index (χ1) is 7.91. The van der Waals surface area contributed by atoms with Crippen molar-refractivity contribution in [3.8, 4) is 0 Å². The van der Waals surface area contributed by atoms with Gasteiger partial charge in [-0.1, -0.05) is 13.0 Å². The van der Waals surface area contributed by atoms with Crippen molar-refractivity contribution in [1.29, 1.82) is 0 Å². The van der Waals surface area contributed by atoms with Gasteiger partial charge in [-0.25, -0.2) is 0 Å². The summed E-state index contributed by atoms with van der Waals surface area (Å²) in [4.78, 5) is 20.7. The van der Waals surface area contributed by atoms with Gasteiger partial charge in [-0.15, -0.1) is 6.58 Å². The number of hydrogen-bond acceptors (Lipinski definition) is 3. The Morgan fingerprint density at radius 3 is 2.82 bits per heavy atom. The summed E-state index contributed by atoms with van der Waals surface area (Å²) in [6, 6.07) is 0. The lowest BCUT2D eigenvalue weighted by Crippen LogP contribution is -2.23. The number of rotatable bonds is 9. The fourth-order valence-electron chi connectivity index (χ4n) is 1.12. The van der Waals surface area contributed by atoms with Crippen LogP contribution in [-0.4, -0.2) is 29.6 Å².